The van der Waals surface area contributed by atoms with Gasteiger partial charge in [-0.2, -0.15) is 0 Å². The average molecular weight is 447 g/mol. The highest BCUT2D eigenvalue weighted by molar-refractivity contribution is 7.20. The molecule has 0 bridgehead atoms. The Bertz CT molecular complexity index is 1000. The summed E-state index contributed by atoms with van der Waals surface area (Å²) in [4.78, 5) is 48.3. The number of nitrogens with zero attached hydrogens (tertiary/aromatic N) is 4. The predicted molar refractivity (Wildman–Crippen MR) is 125 cm³/mol. The molecule has 0 aliphatic carbocycles. The normalized spacial score (nSPS) is 19.1. The van der Waals surface area contributed by atoms with Crippen molar-refractivity contribution in [2.24, 2.45) is 11.8 Å². The van der Waals surface area contributed by atoms with Crippen molar-refractivity contribution in [3.8, 4) is 0 Å². The summed E-state index contributed by atoms with van der Waals surface area (Å²) in [7, 11) is 0. The van der Waals surface area contributed by atoms with Crippen LogP contribution in [0.25, 0.3) is 10.2 Å². The van der Waals surface area contributed by atoms with Gasteiger partial charge >= 0.3 is 0 Å². The van der Waals surface area contributed by atoms with Gasteiger partial charge in [0.25, 0.3) is 11.5 Å². The molecule has 2 amide bonds. The Morgan fingerprint density at radius 3 is 2.52 bits per heavy atom. The Balaban J connectivity index is 1.87. The van der Waals surface area contributed by atoms with Crippen molar-refractivity contribution in [1.82, 2.24) is 19.4 Å². The maximum Gasteiger partial charge on any atom is 0.264 e. The predicted octanol–water partition coefficient (Wildman–Crippen LogP) is 3.53. The molecule has 1 aliphatic rings. The minimum absolute atomic E-state index is 0.0165. The van der Waals surface area contributed by atoms with Gasteiger partial charge in [-0.3, -0.25) is 19.0 Å². The van der Waals surface area contributed by atoms with E-state index in [0.29, 0.717) is 45.6 Å². The van der Waals surface area contributed by atoms with Crippen LogP contribution < -0.4 is 5.56 Å². The molecule has 0 aromatic carbocycles. The first-order chi connectivity index (χ1) is 14.8. The van der Waals surface area contributed by atoms with Crippen LogP contribution in [-0.4, -0.2) is 57.3 Å². The fourth-order valence-electron chi connectivity index (χ4n) is 4.48. The third kappa shape index (κ3) is 5.00. The van der Waals surface area contributed by atoms with Crippen LogP contribution in [0.2, 0.25) is 0 Å². The largest absolute Gasteiger partial charge is 0.341 e. The first kappa shape index (κ1) is 23.4. The highest BCUT2D eigenvalue weighted by Crippen LogP contribution is 2.28. The molecule has 3 rings (SSSR count). The standard InChI is InChI=1S/C23H34N4O3S/c1-6-8-9-25(7-2)23(30)20-17(5)19-21(31-20)24-14-27(22(19)29)13-18(28)26-11-15(3)10-16(4)12-26/h14-16H,6-13H2,1-5H3/t15-,16+. The Morgan fingerprint density at radius 2 is 1.90 bits per heavy atom. The summed E-state index contributed by atoms with van der Waals surface area (Å²) in [6.07, 6.45) is 4.53. The van der Waals surface area contributed by atoms with E-state index in [1.54, 1.807) is 0 Å². The Morgan fingerprint density at radius 1 is 1.23 bits per heavy atom. The fourth-order valence-corrected chi connectivity index (χ4v) is 5.59. The third-order valence-corrected chi connectivity index (χ3v) is 7.28. The van der Waals surface area contributed by atoms with Crippen LogP contribution in [0.5, 0.6) is 0 Å². The molecule has 31 heavy (non-hydrogen) atoms. The van der Waals surface area contributed by atoms with Crippen molar-refractivity contribution < 1.29 is 9.59 Å². The zero-order valence-electron chi connectivity index (χ0n) is 19.3. The molecule has 7 nitrogen and oxygen atoms in total. The molecule has 1 saturated heterocycles. The van der Waals surface area contributed by atoms with Gasteiger partial charge in [0.15, 0.2) is 0 Å². The first-order valence-electron chi connectivity index (χ1n) is 11.3. The topological polar surface area (TPSA) is 75.5 Å². The van der Waals surface area contributed by atoms with Crippen molar-refractivity contribution in [2.45, 2.75) is 60.4 Å². The first-order valence-corrected chi connectivity index (χ1v) is 12.1. The molecule has 0 radical (unpaired) electrons. The summed E-state index contributed by atoms with van der Waals surface area (Å²) >= 11 is 1.27. The Kier molecular flexibility index (Phi) is 7.51. The number of likely N-dealkylation sites (tertiary alicyclic amines) is 1. The van der Waals surface area contributed by atoms with E-state index in [2.05, 4.69) is 25.8 Å². The summed E-state index contributed by atoms with van der Waals surface area (Å²) in [5, 5.41) is 0.454. The molecule has 0 spiro atoms. The lowest BCUT2D eigenvalue weighted by Crippen LogP contribution is -2.44. The molecule has 2 aromatic heterocycles. The second-order valence-corrected chi connectivity index (χ2v) is 9.90. The van der Waals surface area contributed by atoms with Crippen LogP contribution in [0.3, 0.4) is 0 Å². The summed E-state index contributed by atoms with van der Waals surface area (Å²) < 4.78 is 1.39. The lowest BCUT2D eigenvalue weighted by Gasteiger charge is -2.35. The monoisotopic (exact) mass is 446 g/mol. The lowest BCUT2D eigenvalue weighted by molar-refractivity contribution is -0.134. The number of piperidine rings is 1. The highest BCUT2D eigenvalue weighted by Gasteiger charge is 2.27. The van der Waals surface area contributed by atoms with Crippen molar-refractivity contribution in [3.63, 3.8) is 0 Å². The van der Waals surface area contributed by atoms with Gasteiger partial charge in [-0.25, -0.2) is 4.98 Å². The van der Waals surface area contributed by atoms with Crippen LogP contribution in [0.15, 0.2) is 11.1 Å². The van der Waals surface area contributed by atoms with Crippen molar-refractivity contribution >= 4 is 33.4 Å². The summed E-state index contributed by atoms with van der Waals surface area (Å²) in [6.45, 7) is 13.0. The number of unbranched alkanes of at least 4 members (excludes halogenated alkanes) is 1. The van der Waals surface area contributed by atoms with E-state index in [4.69, 9.17) is 0 Å². The minimum Gasteiger partial charge on any atom is -0.341 e. The Labute approximate surface area is 188 Å². The Hall–Kier alpha value is -2.22. The van der Waals surface area contributed by atoms with Crippen LogP contribution >= 0.6 is 11.3 Å². The van der Waals surface area contributed by atoms with Crippen molar-refractivity contribution in [1.29, 1.82) is 0 Å². The zero-order chi connectivity index (χ0) is 22.7. The van der Waals surface area contributed by atoms with Gasteiger partial charge in [0, 0.05) is 26.2 Å². The number of hydrogen-bond donors (Lipinski definition) is 0. The summed E-state index contributed by atoms with van der Waals surface area (Å²) in [6, 6.07) is 0. The molecule has 1 fully saturated rings. The van der Waals surface area contributed by atoms with E-state index < -0.39 is 0 Å². The van der Waals surface area contributed by atoms with Gasteiger partial charge in [0.1, 0.15) is 11.4 Å². The zero-order valence-corrected chi connectivity index (χ0v) is 20.1. The maximum absolute atomic E-state index is 13.2. The molecular weight excluding hydrogens is 412 g/mol. The molecule has 0 unspecified atom stereocenters. The lowest BCUT2D eigenvalue weighted by atomic mass is 9.92. The van der Waals surface area contributed by atoms with Gasteiger partial charge in [-0.1, -0.05) is 27.2 Å². The molecule has 3 heterocycles. The van der Waals surface area contributed by atoms with E-state index in [-0.39, 0.29) is 23.9 Å². The fraction of sp³-hybridized carbons (Fsp3) is 0.652. The van der Waals surface area contributed by atoms with Crippen LogP contribution in [0.4, 0.5) is 0 Å². The molecule has 170 valence electrons. The molecule has 2 aromatic rings. The number of aryl methyl sites for hydroxylation is 1. The maximum atomic E-state index is 13.2. The molecule has 0 saturated carbocycles. The van der Waals surface area contributed by atoms with E-state index in [1.165, 1.54) is 22.2 Å². The van der Waals surface area contributed by atoms with Crippen LogP contribution in [0.1, 0.15) is 62.2 Å². The number of carbonyl (C=O) groups excluding carboxylic acids is 2. The highest BCUT2D eigenvalue weighted by atomic mass is 32.1. The van der Waals surface area contributed by atoms with Crippen LogP contribution in [-0.2, 0) is 11.3 Å². The van der Waals surface area contributed by atoms with E-state index in [1.807, 2.05) is 23.6 Å². The van der Waals surface area contributed by atoms with E-state index in [0.717, 1.165) is 32.4 Å². The number of fused-ring (bicyclic) bond motifs is 1. The van der Waals surface area contributed by atoms with Gasteiger partial charge in [0.05, 0.1) is 16.6 Å². The van der Waals surface area contributed by atoms with E-state index in [9.17, 15) is 14.4 Å². The average Bonchev–Trinajstić information content (AvgIpc) is 3.06. The van der Waals surface area contributed by atoms with Gasteiger partial charge in [0.2, 0.25) is 5.91 Å². The van der Waals surface area contributed by atoms with E-state index >= 15 is 0 Å². The number of amides is 2. The molecular formula is C23H34N4O3S. The number of rotatable bonds is 7. The smallest absolute Gasteiger partial charge is 0.264 e. The number of aromatic nitrogens is 2. The van der Waals surface area contributed by atoms with Crippen molar-refractivity contribution in [3.05, 3.63) is 27.1 Å². The number of hydrogen-bond acceptors (Lipinski definition) is 5. The molecule has 2 atom stereocenters. The number of thiophene rings is 1. The van der Waals surface area contributed by atoms with Gasteiger partial charge < -0.3 is 9.80 Å². The van der Waals surface area contributed by atoms with Gasteiger partial charge in [-0.15, -0.1) is 11.3 Å². The third-order valence-electron chi connectivity index (χ3n) is 6.09. The minimum atomic E-state index is -0.249. The summed E-state index contributed by atoms with van der Waals surface area (Å²) in [5.41, 5.74) is 0.417. The summed E-state index contributed by atoms with van der Waals surface area (Å²) in [5.74, 6) is 0.830. The SMILES string of the molecule is CCCCN(CC)C(=O)c1sc2ncn(CC(=O)N3C[C@H](C)C[C@H](C)C3)c(=O)c2c1C. The number of carbonyl (C=O) groups is 2. The molecule has 1 aliphatic heterocycles. The molecule has 8 heteroatoms. The second-order valence-electron chi connectivity index (χ2n) is 8.90. The van der Waals surface area contributed by atoms with Gasteiger partial charge in [-0.05, 0) is 44.1 Å². The van der Waals surface area contributed by atoms with Crippen LogP contribution in [0, 0.1) is 18.8 Å². The second kappa shape index (κ2) is 9.94. The quantitative estimate of drug-likeness (QED) is 0.652. The van der Waals surface area contributed by atoms with Crippen molar-refractivity contribution in [2.75, 3.05) is 26.2 Å². The molecule has 0 N–H and O–H groups in total.